The molecule has 2 aromatic carbocycles. The van der Waals surface area contributed by atoms with E-state index < -0.39 is 11.4 Å². The Morgan fingerprint density at radius 2 is 1.87 bits per heavy atom. The van der Waals surface area contributed by atoms with Crippen molar-refractivity contribution >= 4 is 40.4 Å². The number of thioether (sulfide) groups is 1. The van der Waals surface area contributed by atoms with Gasteiger partial charge in [-0.3, -0.25) is 19.0 Å². The van der Waals surface area contributed by atoms with Gasteiger partial charge in [0.05, 0.1) is 11.4 Å². The minimum Gasteiger partial charge on any atom is -0.286 e. The van der Waals surface area contributed by atoms with Gasteiger partial charge in [0.15, 0.2) is 12.2 Å². The lowest BCUT2D eigenvalue weighted by Gasteiger charge is -2.17. The second kappa shape index (κ2) is 8.57. The number of aryl methyl sites for hydroxylation is 2. The van der Waals surface area contributed by atoms with E-state index in [1.807, 2.05) is 49.4 Å². The highest BCUT2D eigenvalue weighted by Crippen LogP contribution is 2.29. The minimum atomic E-state index is -0.738. The standard InChI is InChI=1S/C22H18N4O4S/c1-14-8-6-7-9-15(14)12-17-20(28)26(16-10-4-3-5-11-16)22(23-17)31-13-18(27)19-21(29)30-24-25(19)2/h3-12H,13H2,1-2H3/p+1/b17-12+. The molecule has 4 rings (SSSR count). The Bertz CT molecular complexity index is 1270. The van der Waals surface area contributed by atoms with Gasteiger partial charge < -0.3 is 0 Å². The lowest BCUT2D eigenvalue weighted by Crippen LogP contribution is -2.40. The molecule has 0 unspecified atom stereocenters. The number of aromatic nitrogens is 2. The average molecular weight is 435 g/mol. The molecule has 0 spiro atoms. The molecule has 0 atom stereocenters. The molecule has 0 aliphatic carbocycles. The number of nitrogens with zero attached hydrogens (tertiary/aromatic N) is 3. The zero-order valence-electron chi connectivity index (χ0n) is 16.9. The van der Waals surface area contributed by atoms with Crippen molar-refractivity contribution in [1.29, 1.82) is 0 Å². The van der Waals surface area contributed by atoms with Gasteiger partial charge in [-0.15, -0.1) is 0 Å². The molecule has 31 heavy (non-hydrogen) atoms. The summed E-state index contributed by atoms with van der Waals surface area (Å²) < 4.78 is 5.87. The largest absolute Gasteiger partial charge is 0.438 e. The molecule has 1 amide bonds. The first-order chi connectivity index (χ1) is 15.0. The van der Waals surface area contributed by atoms with E-state index in [4.69, 9.17) is 0 Å². The van der Waals surface area contributed by atoms with Crippen molar-refractivity contribution in [3.63, 3.8) is 0 Å². The fourth-order valence-electron chi connectivity index (χ4n) is 3.13. The number of benzene rings is 2. The number of aromatic amines is 1. The monoisotopic (exact) mass is 435 g/mol. The Morgan fingerprint density at radius 1 is 1.16 bits per heavy atom. The first kappa shape index (κ1) is 20.5. The summed E-state index contributed by atoms with van der Waals surface area (Å²) >= 11 is 1.09. The van der Waals surface area contributed by atoms with E-state index in [0.717, 1.165) is 22.9 Å². The van der Waals surface area contributed by atoms with Crippen LogP contribution in [-0.2, 0) is 11.8 Å². The number of carbonyl (C=O) groups excluding carboxylic acids is 2. The summed E-state index contributed by atoms with van der Waals surface area (Å²) in [6, 6.07) is 16.8. The molecule has 156 valence electrons. The van der Waals surface area contributed by atoms with Gasteiger partial charge in [0.25, 0.3) is 5.91 Å². The number of H-pyrrole nitrogens is 1. The van der Waals surface area contributed by atoms with Gasteiger partial charge in [-0.1, -0.05) is 58.9 Å². The SMILES string of the molecule is Cc1ccccc1/C=C1/N=C(SCC(=O)c2c(=O)o[nH][n+]2C)N(c2ccccc2)C1=O. The predicted octanol–water partition coefficient (Wildman–Crippen LogP) is 2.46. The Kier molecular flexibility index (Phi) is 5.68. The van der Waals surface area contributed by atoms with Crippen LogP contribution in [0.2, 0.25) is 0 Å². The van der Waals surface area contributed by atoms with Crippen molar-refractivity contribution in [2.24, 2.45) is 12.0 Å². The number of aliphatic imine (C=N–C) groups is 1. The highest BCUT2D eigenvalue weighted by molar-refractivity contribution is 8.14. The summed E-state index contributed by atoms with van der Waals surface area (Å²) in [5, 5.41) is 2.69. The molecule has 8 nitrogen and oxygen atoms in total. The summed E-state index contributed by atoms with van der Waals surface area (Å²) in [6.45, 7) is 1.96. The Hall–Kier alpha value is -3.72. The van der Waals surface area contributed by atoms with Crippen LogP contribution in [0.25, 0.3) is 6.08 Å². The molecule has 0 bridgehead atoms. The average Bonchev–Trinajstić information content (AvgIpc) is 3.27. The first-order valence-corrected chi connectivity index (χ1v) is 10.4. The molecule has 1 aliphatic rings. The zero-order chi connectivity index (χ0) is 22.0. The van der Waals surface area contributed by atoms with Crippen molar-refractivity contribution in [1.82, 2.24) is 5.27 Å². The molecule has 2 heterocycles. The fourth-order valence-corrected chi connectivity index (χ4v) is 4.01. The number of anilines is 1. The van der Waals surface area contributed by atoms with Crippen LogP contribution in [0.3, 0.4) is 0 Å². The lowest BCUT2D eigenvalue weighted by molar-refractivity contribution is -0.741. The zero-order valence-corrected chi connectivity index (χ0v) is 17.7. The summed E-state index contributed by atoms with van der Waals surface area (Å²) in [4.78, 5) is 43.5. The Labute approximate surface area is 181 Å². The van der Waals surface area contributed by atoms with Crippen molar-refractivity contribution in [3.8, 4) is 0 Å². The number of nitrogens with one attached hydrogen (secondary N) is 1. The molecule has 0 saturated heterocycles. The minimum absolute atomic E-state index is 0.0798. The molecule has 1 N–H and O–H groups in total. The van der Waals surface area contributed by atoms with E-state index in [-0.39, 0.29) is 23.1 Å². The molecule has 3 aromatic rings. The smallest absolute Gasteiger partial charge is 0.286 e. The number of rotatable bonds is 5. The van der Waals surface area contributed by atoms with Crippen LogP contribution in [0.1, 0.15) is 21.6 Å². The van der Waals surface area contributed by atoms with Gasteiger partial charge in [-0.05, 0) is 41.5 Å². The van der Waals surface area contributed by atoms with Gasteiger partial charge in [-0.25, -0.2) is 9.79 Å². The number of hydrogen-bond donors (Lipinski definition) is 1. The van der Waals surface area contributed by atoms with E-state index in [9.17, 15) is 14.4 Å². The van der Waals surface area contributed by atoms with Crippen LogP contribution in [-0.4, -0.2) is 27.9 Å². The molecule has 0 radical (unpaired) electrons. The van der Waals surface area contributed by atoms with Crippen molar-refractivity contribution in [3.05, 3.63) is 87.5 Å². The van der Waals surface area contributed by atoms with E-state index in [1.54, 1.807) is 18.2 Å². The molecule has 0 fully saturated rings. The van der Waals surface area contributed by atoms with Crippen molar-refractivity contribution in [2.45, 2.75) is 6.92 Å². The van der Waals surface area contributed by atoms with Gasteiger partial charge in [0.2, 0.25) is 5.78 Å². The highest BCUT2D eigenvalue weighted by atomic mass is 32.2. The van der Waals surface area contributed by atoms with E-state index >= 15 is 0 Å². The summed E-state index contributed by atoms with van der Waals surface area (Å²) in [7, 11) is 1.51. The van der Waals surface area contributed by atoms with E-state index in [2.05, 4.69) is 14.8 Å². The topological polar surface area (TPSA) is 99.6 Å². The molecular formula is C22H19N4O4S+. The molecule has 1 aliphatic heterocycles. The maximum absolute atomic E-state index is 13.2. The molecule has 9 heteroatoms. The molecule has 1 aromatic heterocycles. The van der Waals surface area contributed by atoms with Crippen LogP contribution in [0.4, 0.5) is 5.69 Å². The van der Waals surface area contributed by atoms with Gasteiger partial charge in [0, 0.05) is 0 Å². The van der Waals surface area contributed by atoms with Crippen LogP contribution in [0.15, 0.2) is 74.6 Å². The first-order valence-electron chi connectivity index (χ1n) is 9.44. The highest BCUT2D eigenvalue weighted by Gasteiger charge is 2.34. The third-order valence-electron chi connectivity index (χ3n) is 4.73. The Morgan fingerprint density at radius 3 is 2.55 bits per heavy atom. The Balaban J connectivity index is 1.66. The third-order valence-corrected chi connectivity index (χ3v) is 5.66. The van der Waals surface area contributed by atoms with Gasteiger partial charge in [0.1, 0.15) is 5.70 Å². The second-order valence-electron chi connectivity index (χ2n) is 6.86. The van der Waals surface area contributed by atoms with Crippen molar-refractivity contribution < 1.29 is 18.8 Å². The van der Waals surface area contributed by atoms with Crippen LogP contribution >= 0.6 is 11.8 Å². The maximum Gasteiger partial charge on any atom is 0.438 e. The third kappa shape index (κ3) is 4.13. The van der Waals surface area contributed by atoms with Crippen LogP contribution < -0.4 is 15.2 Å². The molecular weight excluding hydrogens is 416 g/mol. The number of para-hydroxylation sites is 1. The summed E-state index contributed by atoms with van der Waals surface area (Å²) in [5.74, 6) is -0.790. The van der Waals surface area contributed by atoms with Crippen LogP contribution in [0, 0.1) is 6.92 Å². The number of hydrogen-bond acceptors (Lipinski definition) is 6. The lowest BCUT2D eigenvalue weighted by atomic mass is 10.1. The molecule has 0 saturated carbocycles. The number of amides is 1. The number of amidine groups is 1. The van der Waals surface area contributed by atoms with Gasteiger partial charge >= 0.3 is 11.3 Å². The van der Waals surface area contributed by atoms with Crippen LogP contribution in [0.5, 0.6) is 0 Å². The predicted molar refractivity (Wildman–Crippen MR) is 118 cm³/mol. The van der Waals surface area contributed by atoms with Gasteiger partial charge in [-0.2, -0.15) is 0 Å². The number of Topliss-reactive ketones (excluding diaryl/α,β-unsaturated/α-hetero) is 1. The quantitative estimate of drug-likeness (QED) is 0.377. The van der Waals surface area contributed by atoms with E-state index in [1.165, 1.54) is 16.6 Å². The number of carbonyl (C=O) groups is 2. The summed E-state index contributed by atoms with van der Waals surface area (Å²) in [6.07, 6.45) is 1.74. The number of ketones is 1. The fraction of sp³-hybridized carbons (Fsp3) is 0.136. The van der Waals surface area contributed by atoms with Crippen molar-refractivity contribution in [2.75, 3.05) is 10.7 Å². The maximum atomic E-state index is 13.2. The second-order valence-corrected chi connectivity index (χ2v) is 7.80. The normalized spacial score (nSPS) is 14.9. The summed E-state index contributed by atoms with van der Waals surface area (Å²) in [5.41, 5.74) is 2.00. The van der Waals surface area contributed by atoms with E-state index in [0.29, 0.717) is 10.9 Å².